The Bertz CT molecular complexity index is 698. The molecule has 0 saturated carbocycles. The summed E-state index contributed by atoms with van der Waals surface area (Å²) in [5.41, 5.74) is 3.32. The van der Waals surface area contributed by atoms with Gasteiger partial charge in [-0.25, -0.2) is 0 Å². The molecule has 1 aliphatic rings. The summed E-state index contributed by atoms with van der Waals surface area (Å²) in [6.07, 6.45) is 3.98. The molecule has 0 spiro atoms. The number of carbonyl (C=O) groups is 2. The van der Waals surface area contributed by atoms with Crippen molar-refractivity contribution in [2.24, 2.45) is 0 Å². The molecular formula is C16H15N3O2. The Kier molecular flexibility index (Phi) is 3.39. The van der Waals surface area contributed by atoms with Gasteiger partial charge in [0.05, 0.1) is 0 Å². The van der Waals surface area contributed by atoms with Gasteiger partial charge in [-0.3, -0.25) is 14.6 Å². The normalized spacial score (nSPS) is 12.9. The lowest BCUT2D eigenvalue weighted by Crippen LogP contribution is -2.25. The summed E-state index contributed by atoms with van der Waals surface area (Å²) in [4.78, 5) is 29.2. The van der Waals surface area contributed by atoms with Crippen LogP contribution in [0.15, 0.2) is 42.7 Å². The molecule has 0 saturated heterocycles. The lowest BCUT2D eigenvalue weighted by molar-refractivity contribution is -0.116. The molecule has 5 heteroatoms. The predicted molar refractivity (Wildman–Crippen MR) is 80.4 cm³/mol. The highest BCUT2D eigenvalue weighted by molar-refractivity contribution is 6.04. The lowest BCUT2D eigenvalue weighted by Gasteiger charge is -2.15. The van der Waals surface area contributed by atoms with Gasteiger partial charge in [-0.05, 0) is 42.3 Å². The summed E-state index contributed by atoms with van der Waals surface area (Å²) in [5.74, 6) is -0.124. The van der Waals surface area contributed by atoms with Crippen molar-refractivity contribution in [2.45, 2.75) is 13.3 Å². The van der Waals surface area contributed by atoms with E-state index in [1.807, 2.05) is 18.2 Å². The van der Waals surface area contributed by atoms with E-state index in [9.17, 15) is 9.59 Å². The minimum absolute atomic E-state index is 0.0438. The Balaban J connectivity index is 1.80. The van der Waals surface area contributed by atoms with Crippen molar-refractivity contribution in [3.63, 3.8) is 0 Å². The third-order valence-electron chi connectivity index (χ3n) is 3.56. The molecule has 21 heavy (non-hydrogen) atoms. The van der Waals surface area contributed by atoms with E-state index >= 15 is 0 Å². The molecule has 0 fully saturated rings. The van der Waals surface area contributed by atoms with Crippen LogP contribution in [-0.2, 0) is 11.2 Å². The zero-order valence-electron chi connectivity index (χ0n) is 11.7. The van der Waals surface area contributed by atoms with E-state index in [-0.39, 0.29) is 11.8 Å². The fourth-order valence-electron chi connectivity index (χ4n) is 2.51. The van der Waals surface area contributed by atoms with Crippen LogP contribution in [0.25, 0.3) is 0 Å². The number of hydrogen-bond donors (Lipinski definition) is 1. The summed E-state index contributed by atoms with van der Waals surface area (Å²) in [5, 5.41) is 2.86. The number of fused-ring (bicyclic) bond motifs is 1. The van der Waals surface area contributed by atoms with E-state index < -0.39 is 0 Å². The number of nitrogens with one attached hydrogen (secondary N) is 1. The first-order valence-corrected chi connectivity index (χ1v) is 6.77. The molecule has 106 valence electrons. The fraction of sp³-hybridized carbons (Fsp3) is 0.188. The van der Waals surface area contributed by atoms with Gasteiger partial charge in [-0.2, -0.15) is 0 Å². The standard InChI is InChI=1S/C16H15N3O2/c1-11(20)19-9-6-13-10-14(2-3-15(13)19)18-16(21)12-4-7-17-8-5-12/h2-5,7-8,10H,6,9H2,1H3,(H,18,21). The van der Waals surface area contributed by atoms with Crippen LogP contribution in [-0.4, -0.2) is 23.3 Å². The molecule has 0 aliphatic carbocycles. The molecule has 0 radical (unpaired) electrons. The molecule has 1 aliphatic heterocycles. The molecule has 2 aromatic rings. The van der Waals surface area contributed by atoms with Gasteiger partial charge in [0.2, 0.25) is 5.91 Å². The number of anilines is 2. The minimum atomic E-state index is -0.168. The van der Waals surface area contributed by atoms with Gasteiger partial charge < -0.3 is 10.2 Å². The third kappa shape index (κ3) is 2.63. The fourth-order valence-corrected chi connectivity index (χ4v) is 2.51. The van der Waals surface area contributed by atoms with Crippen molar-refractivity contribution in [2.75, 3.05) is 16.8 Å². The number of benzene rings is 1. The number of aromatic nitrogens is 1. The van der Waals surface area contributed by atoms with E-state index in [1.54, 1.807) is 36.4 Å². The van der Waals surface area contributed by atoms with Crippen LogP contribution in [0, 0.1) is 0 Å². The van der Waals surface area contributed by atoms with E-state index in [0.717, 1.165) is 23.4 Å². The molecule has 0 bridgehead atoms. The van der Waals surface area contributed by atoms with Crippen molar-refractivity contribution in [1.29, 1.82) is 0 Å². The summed E-state index contributed by atoms with van der Waals surface area (Å²) >= 11 is 0. The maximum absolute atomic E-state index is 12.1. The first-order valence-electron chi connectivity index (χ1n) is 6.77. The molecular weight excluding hydrogens is 266 g/mol. The van der Waals surface area contributed by atoms with E-state index in [2.05, 4.69) is 10.3 Å². The third-order valence-corrected chi connectivity index (χ3v) is 3.56. The van der Waals surface area contributed by atoms with Crippen molar-refractivity contribution >= 4 is 23.2 Å². The Morgan fingerprint density at radius 3 is 2.67 bits per heavy atom. The Hall–Kier alpha value is -2.69. The lowest BCUT2D eigenvalue weighted by atomic mass is 10.1. The van der Waals surface area contributed by atoms with Gasteiger partial charge in [0.25, 0.3) is 5.91 Å². The molecule has 2 amide bonds. The zero-order valence-corrected chi connectivity index (χ0v) is 11.7. The van der Waals surface area contributed by atoms with E-state index in [4.69, 9.17) is 0 Å². The van der Waals surface area contributed by atoms with Crippen molar-refractivity contribution in [1.82, 2.24) is 4.98 Å². The zero-order chi connectivity index (χ0) is 14.8. The van der Waals surface area contributed by atoms with Crippen molar-refractivity contribution in [3.8, 4) is 0 Å². The maximum atomic E-state index is 12.1. The smallest absolute Gasteiger partial charge is 0.255 e. The topological polar surface area (TPSA) is 62.3 Å². The number of nitrogens with zero attached hydrogens (tertiary/aromatic N) is 2. The Morgan fingerprint density at radius 1 is 1.19 bits per heavy atom. The van der Waals surface area contributed by atoms with Crippen LogP contribution in [0.1, 0.15) is 22.8 Å². The van der Waals surface area contributed by atoms with Crippen LogP contribution in [0.2, 0.25) is 0 Å². The number of amides is 2. The highest BCUT2D eigenvalue weighted by Gasteiger charge is 2.22. The molecule has 0 atom stereocenters. The second kappa shape index (κ2) is 5.36. The van der Waals surface area contributed by atoms with Crippen LogP contribution >= 0.6 is 0 Å². The Labute approximate surface area is 122 Å². The number of carbonyl (C=O) groups excluding carboxylic acids is 2. The quantitative estimate of drug-likeness (QED) is 0.918. The predicted octanol–water partition coefficient (Wildman–Crippen LogP) is 2.24. The highest BCUT2D eigenvalue weighted by Crippen LogP contribution is 2.30. The molecule has 3 rings (SSSR count). The van der Waals surface area contributed by atoms with Gasteiger partial charge >= 0.3 is 0 Å². The highest BCUT2D eigenvalue weighted by atomic mass is 16.2. The average Bonchev–Trinajstić information content (AvgIpc) is 2.91. The van der Waals surface area contributed by atoms with Gasteiger partial charge in [0, 0.05) is 42.8 Å². The monoisotopic (exact) mass is 281 g/mol. The second-order valence-electron chi connectivity index (χ2n) is 4.95. The molecule has 5 nitrogen and oxygen atoms in total. The summed E-state index contributed by atoms with van der Waals surface area (Å²) in [6, 6.07) is 8.96. The molecule has 1 N–H and O–H groups in total. The first kappa shape index (κ1) is 13.3. The molecule has 1 aromatic heterocycles. The first-order chi connectivity index (χ1) is 10.1. The minimum Gasteiger partial charge on any atom is -0.322 e. The van der Waals surface area contributed by atoms with E-state index in [1.165, 1.54) is 0 Å². The number of rotatable bonds is 2. The van der Waals surface area contributed by atoms with Crippen LogP contribution in [0.4, 0.5) is 11.4 Å². The van der Waals surface area contributed by atoms with Crippen LogP contribution in [0.5, 0.6) is 0 Å². The van der Waals surface area contributed by atoms with Crippen molar-refractivity contribution in [3.05, 3.63) is 53.9 Å². The van der Waals surface area contributed by atoms with Gasteiger partial charge in [0.15, 0.2) is 0 Å². The van der Waals surface area contributed by atoms with Gasteiger partial charge in [0.1, 0.15) is 0 Å². The SMILES string of the molecule is CC(=O)N1CCc2cc(NC(=O)c3ccncc3)ccc21. The second-order valence-corrected chi connectivity index (χ2v) is 4.95. The summed E-state index contributed by atoms with van der Waals surface area (Å²) in [7, 11) is 0. The van der Waals surface area contributed by atoms with Gasteiger partial charge in [-0.15, -0.1) is 0 Å². The average molecular weight is 281 g/mol. The summed E-state index contributed by atoms with van der Waals surface area (Å²) < 4.78 is 0. The van der Waals surface area contributed by atoms with E-state index in [0.29, 0.717) is 12.1 Å². The van der Waals surface area contributed by atoms with Gasteiger partial charge in [-0.1, -0.05) is 0 Å². The number of pyridine rings is 1. The molecule has 2 heterocycles. The molecule has 1 aromatic carbocycles. The van der Waals surface area contributed by atoms with Crippen LogP contribution < -0.4 is 10.2 Å². The van der Waals surface area contributed by atoms with Crippen LogP contribution in [0.3, 0.4) is 0 Å². The Morgan fingerprint density at radius 2 is 1.95 bits per heavy atom. The summed E-state index contributed by atoms with van der Waals surface area (Å²) in [6.45, 7) is 2.26. The molecule has 0 unspecified atom stereocenters. The largest absolute Gasteiger partial charge is 0.322 e. The maximum Gasteiger partial charge on any atom is 0.255 e. The van der Waals surface area contributed by atoms with Crippen molar-refractivity contribution < 1.29 is 9.59 Å². The number of hydrogen-bond acceptors (Lipinski definition) is 3.